The van der Waals surface area contributed by atoms with Gasteiger partial charge in [-0.25, -0.2) is 0 Å². The quantitative estimate of drug-likeness (QED) is 0.454. The number of benzene rings is 1. The van der Waals surface area contributed by atoms with Crippen LogP contribution in [0.15, 0.2) is 29.8 Å². The Balaban J connectivity index is 1.46. The molecular formula is C26H33ClO. The molecule has 2 heteroatoms. The van der Waals surface area contributed by atoms with Crippen LogP contribution in [-0.4, -0.2) is 5.78 Å². The summed E-state index contributed by atoms with van der Waals surface area (Å²) in [6.45, 7) is 4.89. The van der Waals surface area contributed by atoms with E-state index in [2.05, 4.69) is 26.0 Å². The normalized spacial score (nSPS) is 44.1. The van der Waals surface area contributed by atoms with E-state index < -0.39 is 0 Å². The van der Waals surface area contributed by atoms with Crippen molar-refractivity contribution in [1.29, 1.82) is 0 Å². The van der Waals surface area contributed by atoms with Crippen LogP contribution in [0.3, 0.4) is 0 Å². The number of rotatable bonds is 1. The smallest absolute Gasteiger partial charge is 0.165 e. The molecule has 0 amide bonds. The Labute approximate surface area is 174 Å². The van der Waals surface area contributed by atoms with Gasteiger partial charge in [0.1, 0.15) is 0 Å². The number of hydrogen-bond acceptors (Lipinski definition) is 1. The average Bonchev–Trinajstić information content (AvgIpc) is 2.92. The number of ketones is 1. The first-order valence-corrected chi connectivity index (χ1v) is 11.8. The number of halogens is 1. The van der Waals surface area contributed by atoms with Crippen LogP contribution < -0.4 is 0 Å². The summed E-state index contributed by atoms with van der Waals surface area (Å²) in [6.07, 6.45) is 13.9. The molecule has 0 aliphatic heterocycles. The van der Waals surface area contributed by atoms with Gasteiger partial charge in [-0.3, -0.25) is 4.79 Å². The fourth-order valence-corrected chi connectivity index (χ4v) is 8.09. The summed E-state index contributed by atoms with van der Waals surface area (Å²) in [5.74, 6) is 3.48. The molecule has 0 unspecified atom stereocenters. The first-order valence-electron chi connectivity index (χ1n) is 11.4. The summed E-state index contributed by atoms with van der Waals surface area (Å²) in [6, 6.07) is 7.91. The van der Waals surface area contributed by atoms with Gasteiger partial charge >= 0.3 is 0 Å². The lowest BCUT2D eigenvalue weighted by Gasteiger charge is -2.59. The van der Waals surface area contributed by atoms with Crippen LogP contribution in [0.5, 0.6) is 0 Å². The maximum atomic E-state index is 13.5. The molecule has 4 fully saturated rings. The standard InChI is InChI=1S/C26H33ClO/c1-25-12-4-3-7-19(25)9-10-21-22(25)11-13-26(2)23(21)16-18(24(26)28)14-17-6-5-8-20(27)15-17/h5-6,8,14-15,19,21-23H,3-4,7,9-13,16H2,1-2H3/b18-14+/t19-,21-,22+,23+,25+,26+/m1/s1. The van der Waals surface area contributed by atoms with Crippen molar-refractivity contribution in [2.24, 2.45) is 34.5 Å². The minimum absolute atomic E-state index is 0.135. The molecule has 4 saturated carbocycles. The molecule has 0 N–H and O–H groups in total. The maximum absolute atomic E-state index is 13.5. The number of fused-ring (bicyclic) bond motifs is 5. The van der Waals surface area contributed by atoms with Crippen molar-refractivity contribution in [3.63, 3.8) is 0 Å². The highest BCUT2D eigenvalue weighted by atomic mass is 35.5. The second-order valence-electron chi connectivity index (χ2n) is 10.6. The van der Waals surface area contributed by atoms with Gasteiger partial charge in [-0.05, 0) is 103 Å². The number of carbonyl (C=O) groups is 1. The molecule has 0 aromatic heterocycles. The van der Waals surface area contributed by atoms with Crippen molar-refractivity contribution < 1.29 is 4.79 Å². The van der Waals surface area contributed by atoms with Crippen LogP contribution in [0.2, 0.25) is 5.02 Å². The monoisotopic (exact) mass is 396 g/mol. The van der Waals surface area contributed by atoms with Gasteiger partial charge in [-0.15, -0.1) is 0 Å². The highest BCUT2D eigenvalue weighted by Gasteiger charge is 2.60. The Hall–Kier alpha value is -1.08. The zero-order chi connectivity index (χ0) is 19.5. The number of carbonyl (C=O) groups excluding carboxylic acids is 1. The zero-order valence-electron chi connectivity index (χ0n) is 17.3. The van der Waals surface area contributed by atoms with Crippen molar-refractivity contribution >= 4 is 23.5 Å². The number of hydrogen-bond donors (Lipinski definition) is 0. The average molecular weight is 397 g/mol. The zero-order valence-corrected chi connectivity index (χ0v) is 18.1. The Kier molecular flexibility index (Phi) is 4.54. The summed E-state index contributed by atoms with van der Waals surface area (Å²) in [5.41, 5.74) is 2.51. The van der Waals surface area contributed by atoms with Crippen LogP contribution in [0.25, 0.3) is 6.08 Å². The molecule has 4 aliphatic rings. The summed E-state index contributed by atoms with van der Waals surface area (Å²) in [4.78, 5) is 13.5. The Morgan fingerprint density at radius 1 is 1.04 bits per heavy atom. The van der Waals surface area contributed by atoms with E-state index in [4.69, 9.17) is 11.6 Å². The van der Waals surface area contributed by atoms with Crippen molar-refractivity contribution in [2.75, 3.05) is 0 Å². The van der Waals surface area contributed by atoms with Crippen molar-refractivity contribution in [3.8, 4) is 0 Å². The summed E-state index contributed by atoms with van der Waals surface area (Å²) < 4.78 is 0. The van der Waals surface area contributed by atoms with Gasteiger partial charge in [0.2, 0.25) is 0 Å². The third kappa shape index (κ3) is 2.76. The van der Waals surface area contributed by atoms with Gasteiger partial charge < -0.3 is 0 Å². The molecule has 0 heterocycles. The fraction of sp³-hybridized carbons (Fsp3) is 0.654. The molecule has 1 nitrogen and oxygen atoms in total. The molecule has 28 heavy (non-hydrogen) atoms. The second kappa shape index (κ2) is 6.73. The van der Waals surface area contributed by atoms with Gasteiger partial charge in [-0.2, -0.15) is 0 Å². The van der Waals surface area contributed by atoms with E-state index in [1.54, 1.807) is 0 Å². The van der Waals surface area contributed by atoms with Crippen LogP contribution in [-0.2, 0) is 4.79 Å². The van der Waals surface area contributed by atoms with Crippen molar-refractivity contribution in [1.82, 2.24) is 0 Å². The highest BCUT2D eigenvalue weighted by molar-refractivity contribution is 6.30. The van der Waals surface area contributed by atoms with Gasteiger partial charge in [-0.1, -0.05) is 50.4 Å². The molecular weight excluding hydrogens is 364 g/mol. The SMILES string of the molecule is C[C@]12CCCC[C@@H]1CC[C@@H]1[C@@H]2CC[C@]2(C)C(=O)/C(=C/c3cccc(Cl)c3)C[C@@H]12. The van der Waals surface area contributed by atoms with Crippen LogP contribution in [0.1, 0.15) is 77.2 Å². The predicted molar refractivity (Wildman–Crippen MR) is 116 cm³/mol. The van der Waals surface area contributed by atoms with E-state index in [1.165, 1.54) is 44.9 Å². The van der Waals surface area contributed by atoms with Crippen molar-refractivity contribution in [2.45, 2.75) is 71.6 Å². The lowest BCUT2D eigenvalue weighted by molar-refractivity contribution is -0.137. The topological polar surface area (TPSA) is 17.1 Å². The lowest BCUT2D eigenvalue weighted by atomic mass is 9.45. The van der Waals surface area contributed by atoms with Crippen LogP contribution in [0, 0.1) is 34.5 Å². The summed E-state index contributed by atoms with van der Waals surface area (Å²) in [7, 11) is 0. The van der Waals surface area contributed by atoms with Gasteiger partial charge in [0.05, 0.1) is 0 Å². The largest absolute Gasteiger partial charge is 0.294 e. The summed E-state index contributed by atoms with van der Waals surface area (Å²) in [5, 5.41) is 0.743. The Morgan fingerprint density at radius 2 is 1.89 bits per heavy atom. The van der Waals surface area contributed by atoms with E-state index >= 15 is 0 Å². The van der Waals surface area contributed by atoms with Crippen LogP contribution in [0.4, 0.5) is 0 Å². The Morgan fingerprint density at radius 3 is 2.71 bits per heavy atom. The number of Topliss-reactive ketones (excluding diaryl/α,β-unsaturated/α-hetero) is 1. The molecule has 1 aromatic carbocycles. The van der Waals surface area contributed by atoms with Gasteiger partial charge in [0.25, 0.3) is 0 Å². The fourth-order valence-electron chi connectivity index (χ4n) is 7.89. The molecule has 0 radical (unpaired) electrons. The van der Waals surface area contributed by atoms with E-state index in [-0.39, 0.29) is 5.41 Å². The predicted octanol–water partition coefficient (Wildman–Crippen LogP) is 7.34. The minimum atomic E-state index is -0.135. The molecule has 0 bridgehead atoms. The third-order valence-corrected chi connectivity index (χ3v) is 9.65. The van der Waals surface area contributed by atoms with E-state index in [1.807, 2.05) is 18.2 Å². The first kappa shape index (κ1) is 18.9. The highest BCUT2D eigenvalue weighted by Crippen LogP contribution is 2.66. The van der Waals surface area contributed by atoms with E-state index in [0.717, 1.165) is 46.8 Å². The van der Waals surface area contributed by atoms with Gasteiger partial charge in [0, 0.05) is 10.4 Å². The Bertz CT molecular complexity index is 825. The molecule has 0 saturated heterocycles. The van der Waals surface area contributed by atoms with Crippen molar-refractivity contribution in [3.05, 3.63) is 40.4 Å². The number of allylic oxidation sites excluding steroid dienone is 1. The minimum Gasteiger partial charge on any atom is -0.294 e. The molecule has 6 atom stereocenters. The second-order valence-corrected chi connectivity index (χ2v) is 11.1. The van der Waals surface area contributed by atoms with Gasteiger partial charge in [0.15, 0.2) is 5.78 Å². The summed E-state index contributed by atoms with van der Waals surface area (Å²) >= 11 is 6.17. The molecule has 4 aliphatic carbocycles. The molecule has 1 aromatic rings. The van der Waals surface area contributed by atoms with Crippen LogP contribution >= 0.6 is 11.6 Å². The maximum Gasteiger partial charge on any atom is 0.165 e. The lowest BCUT2D eigenvalue weighted by Crippen LogP contribution is -2.52. The first-order chi connectivity index (χ1) is 13.4. The third-order valence-electron chi connectivity index (χ3n) is 9.41. The van der Waals surface area contributed by atoms with E-state index in [0.29, 0.717) is 17.1 Å². The molecule has 0 spiro atoms. The molecule has 150 valence electrons. The van der Waals surface area contributed by atoms with E-state index in [9.17, 15) is 4.79 Å². The molecule has 5 rings (SSSR count).